The van der Waals surface area contributed by atoms with Crippen molar-refractivity contribution in [1.82, 2.24) is 20.4 Å². The first-order valence-electron chi connectivity index (χ1n) is 5.67. The second kappa shape index (κ2) is 5.48. The quantitative estimate of drug-likeness (QED) is 0.790. The Balaban J connectivity index is 1.83. The number of carbonyl (C=O) groups excluding carboxylic acids is 1. The third-order valence-electron chi connectivity index (χ3n) is 2.86. The number of aromatic nitrogens is 2. The lowest BCUT2D eigenvalue weighted by Gasteiger charge is -2.30. The van der Waals surface area contributed by atoms with Crippen molar-refractivity contribution in [3.8, 4) is 0 Å². The zero-order valence-electron chi connectivity index (χ0n) is 9.70. The topological polar surface area (TPSA) is 109 Å². The molecule has 2 heterocycles. The molecule has 8 nitrogen and oxygen atoms in total. The number of hydrogen-bond acceptors (Lipinski definition) is 5. The Hall–Kier alpha value is -2.12. The smallest absolute Gasteiger partial charge is 0.317 e. The fraction of sp³-hybridized carbons (Fsp3) is 0.600. The third-order valence-corrected chi connectivity index (χ3v) is 2.86. The number of urea groups is 1. The maximum Gasteiger partial charge on any atom is 0.317 e. The highest BCUT2D eigenvalue weighted by Gasteiger charge is 2.27. The van der Waals surface area contributed by atoms with Gasteiger partial charge < -0.3 is 19.8 Å². The van der Waals surface area contributed by atoms with Crippen LogP contribution in [0.1, 0.15) is 18.7 Å². The Kier molecular flexibility index (Phi) is 3.75. The van der Waals surface area contributed by atoms with Crippen molar-refractivity contribution in [2.24, 2.45) is 5.92 Å². The standard InChI is InChI=1S/C10H14N4O4/c15-9(16)7-2-1-3-14(5-7)10(17)11-4-8-12-6-18-13-8/h6-7H,1-5H2,(H,11,17)(H,15,16). The molecule has 2 rings (SSSR count). The third kappa shape index (κ3) is 2.96. The Morgan fingerprint density at radius 3 is 3.11 bits per heavy atom. The number of carbonyl (C=O) groups is 2. The van der Waals surface area contributed by atoms with Crippen molar-refractivity contribution in [1.29, 1.82) is 0 Å². The van der Waals surface area contributed by atoms with Crippen LogP contribution in [0.2, 0.25) is 0 Å². The highest BCUT2D eigenvalue weighted by molar-refractivity contribution is 5.76. The van der Waals surface area contributed by atoms with Crippen molar-refractivity contribution < 1.29 is 19.2 Å². The lowest BCUT2D eigenvalue weighted by atomic mass is 9.99. The number of carboxylic acids is 1. The first-order chi connectivity index (χ1) is 8.66. The van der Waals surface area contributed by atoms with Crippen LogP contribution < -0.4 is 5.32 Å². The molecule has 1 unspecified atom stereocenters. The van der Waals surface area contributed by atoms with Crippen molar-refractivity contribution in [2.45, 2.75) is 19.4 Å². The van der Waals surface area contributed by atoms with Gasteiger partial charge in [0.1, 0.15) is 0 Å². The van der Waals surface area contributed by atoms with Gasteiger partial charge in [-0.1, -0.05) is 5.16 Å². The second-order valence-electron chi connectivity index (χ2n) is 4.13. The number of rotatable bonds is 3. The monoisotopic (exact) mass is 254 g/mol. The summed E-state index contributed by atoms with van der Waals surface area (Å²) in [6.07, 6.45) is 2.50. The van der Waals surface area contributed by atoms with E-state index in [1.807, 2.05) is 0 Å². The summed E-state index contributed by atoms with van der Waals surface area (Å²) in [5.41, 5.74) is 0. The number of nitrogens with zero attached hydrogens (tertiary/aromatic N) is 3. The lowest BCUT2D eigenvalue weighted by molar-refractivity contribution is -0.143. The summed E-state index contributed by atoms with van der Waals surface area (Å²) in [4.78, 5) is 27.9. The molecule has 8 heteroatoms. The predicted molar refractivity (Wildman–Crippen MR) is 58.5 cm³/mol. The molecule has 18 heavy (non-hydrogen) atoms. The minimum absolute atomic E-state index is 0.170. The summed E-state index contributed by atoms with van der Waals surface area (Å²) in [6, 6.07) is -0.300. The maximum atomic E-state index is 11.8. The summed E-state index contributed by atoms with van der Waals surface area (Å²) in [7, 11) is 0. The van der Waals surface area contributed by atoms with Gasteiger partial charge in [-0.15, -0.1) is 0 Å². The molecule has 0 aliphatic carbocycles. The van der Waals surface area contributed by atoms with E-state index in [0.717, 1.165) is 0 Å². The summed E-state index contributed by atoms with van der Waals surface area (Å²) >= 11 is 0. The highest BCUT2D eigenvalue weighted by Crippen LogP contribution is 2.16. The summed E-state index contributed by atoms with van der Waals surface area (Å²) in [5, 5.41) is 15.1. The van der Waals surface area contributed by atoms with Crippen LogP contribution in [0.5, 0.6) is 0 Å². The molecule has 0 aromatic carbocycles. The molecular formula is C10H14N4O4. The molecule has 98 valence electrons. The second-order valence-corrected chi connectivity index (χ2v) is 4.13. The van der Waals surface area contributed by atoms with E-state index >= 15 is 0 Å². The number of nitrogens with one attached hydrogen (secondary N) is 1. The van der Waals surface area contributed by atoms with E-state index in [4.69, 9.17) is 5.11 Å². The highest BCUT2D eigenvalue weighted by atomic mass is 16.5. The van der Waals surface area contributed by atoms with Gasteiger partial charge in [0.2, 0.25) is 6.39 Å². The minimum atomic E-state index is -0.856. The molecule has 1 atom stereocenters. The number of likely N-dealkylation sites (tertiary alicyclic amines) is 1. The first kappa shape index (κ1) is 12.3. The van der Waals surface area contributed by atoms with Crippen LogP contribution in [-0.2, 0) is 11.3 Å². The van der Waals surface area contributed by atoms with Gasteiger partial charge in [-0.25, -0.2) is 4.79 Å². The van der Waals surface area contributed by atoms with Crippen LogP contribution in [0.15, 0.2) is 10.9 Å². The van der Waals surface area contributed by atoms with Crippen molar-refractivity contribution in [3.05, 3.63) is 12.2 Å². The van der Waals surface area contributed by atoms with Crippen LogP contribution in [0.3, 0.4) is 0 Å². The Morgan fingerprint density at radius 1 is 1.61 bits per heavy atom. The number of piperidine rings is 1. The molecule has 2 N–H and O–H groups in total. The van der Waals surface area contributed by atoms with Crippen molar-refractivity contribution >= 4 is 12.0 Å². The van der Waals surface area contributed by atoms with E-state index < -0.39 is 11.9 Å². The summed E-state index contributed by atoms with van der Waals surface area (Å²) < 4.78 is 4.54. The first-order valence-corrected chi connectivity index (χ1v) is 5.67. The van der Waals surface area contributed by atoms with Crippen molar-refractivity contribution in [2.75, 3.05) is 13.1 Å². The maximum absolute atomic E-state index is 11.8. The number of amides is 2. The molecule has 1 saturated heterocycles. The molecule has 1 fully saturated rings. The Labute approximate surface area is 103 Å². The van der Waals surface area contributed by atoms with Crippen LogP contribution in [0.25, 0.3) is 0 Å². The zero-order chi connectivity index (χ0) is 13.0. The molecule has 1 aromatic rings. The van der Waals surface area contributed by atoms with Crippen LogP contribution in [0, 0.1) is 5.92 Å². The van der Waals surface area contributed by atoms with Crippen molar-refractivity contribution in [3.63, 3.8) is 0 Å². The Morgan fingerprint density at radius 2 is 2.44 bits per heavy atom. The Bertz CT molecular complexity index is 420. The zero-order valence-corrected chi connectivity index (χ0v) is 9.70. The molecule has 1 aliphatic rings. The predicted octanol–water partition coefficient (Wildman–Crippen LogP) is 0.0758. The number of carboxylic acid groups (broad SMARTS) is 1. The SMILES string of the molecule is O=C(O)C1CCCN(C(=O)NCc2ncon2)C1. The van der Waals surface area contributed by atoms with Gasteiger partial charge in [-0.2, -0.15) is 4.98 Å². The van der Waals surface area contributed by atoms with E-state index in [-0.39, 0.29) is 19.1 Å². The molecule has 0 bridgehead atoms. The van der Waals surface area contributed by atoms with Crippen LogP contribution in [0.4, 0.5) is 4.79 Å². The summed E-state index contributed by atoms with van der Waals surface area (Å²) in [6.45, 7) is 0.985. The van der Waals surface area contributed by atoms with Gasteiger partial charge in [0, 0.05) is 13.1 Å². The van der Waals surface area contributed by atoms with E-state index in [1.165, 1.54) is 11.3 Å². The molecule has 0 saturated carbocycles. The number of hydrogen-bond donors (Lipinski definition) is 2. The van der Waals surface area contributed by atoms with Crippen LogP contribution in [-0.4, -0.2) is 45.2 Å². The van der Waals surface area contributed by atoms with Crippen LogP contribution >= 0.6 is 0 Å². The van der Waals surface area contributed by atoms with E-state index in [1.54, 1.807) is 0 Å². The molecule has 0 radical (unpaired) electrons. The number of aliphatic carboxylic acids is 1. The fourth-order valence-electron chi connectivity index (χ4n) is 1.90. The largest absolute Gasteiger partial charge is 0.481 e. The van der Waals surface area contributed by atoms with Gasteiger partial charge in [0.05, 0.1) is 12.5 Å². The molecule has 1 aromatic heterocycles. The molecular weight excluding hydrogens is 240 g/mol. The minimum Gasteiger partial charge on any atom is -0.481 e. The molecule has 1 aliphatic heterocycles. The normalized spacial score (nSPS) is 19.6. The van der Waals surface area contributed by atoms with E-state index in [9.17, 15) is 9.59 Å². The van der Waals surface area contributed by atoms with Gasteiger partial charge in [-0.3, -0.25) is 4.79 Å². The van der Waals surface area contributed by atoms with Gasteiger partial charge >= 0.3 is 12.0 Å². The summed E-state index contributed by atoms with van der Waals surface area (Å²) in [5.74, 6) is -0.949. The van der Waals surface area contributed by atoms with E-state index in [2.05, 4.69) is 20.0 Å². The van der Waals surface area contributed by atoms with Gasteiger partial charge in [-0.05, 0) is 12.8 Å². The van der Waals surface area contributed by atoms with Gasteiger partial charge in [0.25, 0.3) is 0 Å². The van der Waals surface area contributed by atoms with Gasteiger partial charge in [0.15, 0.2) is 5.82 Å². The average molecular weight is 254 g/mol. The molecule has 2 amide bonds. The average Bonchev–Trinajstić information content (AvgIpc) is 2.89. The fourth-order valence-corrected chi connectivity index (χ4v) is 1.90. The molecule has 0 spiro atoms. The van der Waals surface area contributed by atoms with E-state index in [0.29, 0.717) is 25.2 Å². The lowest BCUT2D eigenvalue weighted by Crippen LogP contribution is -2.46.